The first-order valence-corrected chi connectivity index (χ1v) is 9.22. The summed E-state index contributed by atoms with van der Waals surface area (Å²) >= 11 is 0. The first-order valence-electron chi connectivity index (χ1n) is 9.22. The van der Waals surface area contributed by atoms with Crippen LogP contribution < -0.4 is 5.32 Å². The van der Waals surface area contributed by atoms with Crippen molar-refractivity contribution < 1.29 is 4.79 Å². The molecule has 2 aromatic carbocycles. The zero-order valence-corrected chi connectivity index (χ0v) is 14.6. The number of hydrogen-bond acceptors (Lipinski definition) is 3. The van der Waals surface area contributed by atoms with Crippen LogP contribution in [0.1, 0.15) is 27.9 Å². The standard InChI is InChI=1S/C21H25N3O/c25-21(18-6-2-1-3-7-18)24-13-5-12-23(14-15-24)16-19-9-4-8-17-10-11-22-20(17)19/h1-4,6-9,22H,5,10-16H2. The molecule has 25 heavy (non-hydrogen) atoms. The molecule has 0 bridgehead atoms. The lowest BCUT2D eigenvalue weighted by Crippen LogP contribution is -2.35. The first-order chi connectivity index (χ1) is 12.3. The number of benzene rings is 2. The van der Waals surface area contributed by atoms with Crippen LogP contribution in [0.5, 0.6) is 0 Å². The van der Waals surface area contributed by atoms with Crippen LogP contribution in [0.25, 0.3) is 0 Å². The molecule has 2 aliphatic heterocycles. The fourth-order valence-corrected chi connectivity index (χ4v) is 3.88. The molecule has 2 heterocycles. The smallest absolute Gasteiger partial charge is 0.253 e. The van der Waals surface area contributed by atoms with Crippen LogP contribution in [0.4, 0.5) is 5.69 Å². The summed E-state index contributed by atoms with van der Waals surface area (Å²) in [5, 5.41) is 3.53. The van der Waals surface area contributed by atoms with Crippen LogP contribution >= 0.6 is 0 Å². The van der Waals surface area contributed by atoms with E-state index in [0.29, 0.717) is 0 Å². The van der Waals surface area contributed by atoms with Crippen LogP contribution in [0.3, 0.4) is 0 Å². The van der Waals surface area contributed by atoms with Crippen molar-refractivity contribution in [2.75, 3.05) is 38.0 Å². The van der Waals surface area contributed by atoms with Gasteiger partial charge in [-0.2, -0.15) is 0 Å². The second-order valence-corrected chi connectivity index (χ2v) is 6.92. The van der Waals surface area contributed by atoms with Gasteiger partial charge >= 0.3 is 0 Å². The van der Waals surface area contributed by atoms with Crippen molar-refractivity contribution in [2.24, 2.45) is 0 Å². The molecule has 130 valence electrons. The summed E-state index contributed by atoms with van der Waals surface area (Å²) in [6, 6.07) is 16.3. The van der Waals surface area contributed by atoms with Gasteiger partial charge in [-0.15, -0.1) is 0 Å². The molecule has 1 amide bonds. The highest BCUT2D eigenvalue weighted by molar-refractivity contribution is 5.94. The summed E-state index contributed by atoms with van der Waals surface area (Å²) in [7, 11) is 0. The van der Waals surface area contributed by atoms with E-state index in [4.69, 9.17) is 0 Å². The van der Waals surface area contributed by atoms with Gasteiger partial charge in [0.15, 0.2) is 0 Å². The van der Waals surface area contributed by atoms with Gasteiger partial charge < -0.3 is 10.2 Å². The minimum Gasteiger partial charge on any atom is -0.384 e. The van der Waals surface area contributed by atoms with E-state index < -0.39 is 0 Å². The van der Waals surface area contributed by atoms with Crippen molar-refractivity contribution >= 4 is 11.6 Å². The Balaban J connectivity index is 1.40. The highest BCUT2D eigenvalue weighted by atomic mass is 16.2. The topological polar surface area (TPSA) is 35.6 Å². The van der Waals surface area contributed by atoms with Crippen molar-refractivity contribution in [1.82, 2.24) is 9.80 Å². The van der Waals surface area contributed by atoms with E-state index in [0.717, 1.165) is 57.7 Å². The molecule has 0 aliphatic carbocycles. The maximum absolute atomic E-state index is 12.7. The normalized spacial score (nSPS) is 17.7. The summed E-state index contributed by atoms with van der Waals surface area (Å²) in [6.07, 6.45) is 2.16. The predicted molar refractivity (Wildman–Crippen MR) is 101 cm³/mol. The molecular weight excluding hydrogens is 310 g/mol. The molecule has 4 heteroatoms. The third-order valence-corrected chi connectivity index (χ3v) is 5.22. The molecule has 0 saturated carbocycles. The van der Waals surface area contributed by atoms with Crippen LogP contribution in [-0.4, -0.2) is 48.4 Å². The number of carbonyl (C=O) groups excluding carboxylic acids is 1. The van der Waals surface area contributed by atoms with Crippen molar-refractivity contribution in [3.8, 4) is 0 Å². The SMILES string of the molecule is O=C(c1ccccc1)N1CCCN(Cc2cccc3c2NCC3)CC1. The Labute approximate surface area is 149 Å². The van der Waals surface area contributed by atoms with E-state index >= 15 is 0 Å². The largest absolute Gasteiger partial charge is 0.384 e. The van der Waals surface area contributed by atoms with E-state index in [9.17, 15) is 4.79 Å². The number of carbonyl (C=O) groups is 1. The van der Waals surface area contributed by atoms with E-state index in [1.54, 1.807) is 0 Å². The van der Waals surface area contributed by atoms with Gasteiger partial charge in [-0.05, 0) is 36.1 Å². The number of amides is 1. The lowest BCUT2D eigenvalue weighted by molar-refractivity contribution is 0.0761. The number of hydrogen-bond donors (Lipinski definition) is 1. The van der Waals surface area contributed by atoms with Crippen LogP contribution in [0.15, 0.2) is 48.5 Å². The molecule has 4 rings (SSSR count). The van der Waals surface area contributed by atoms with Gasteiger partial charge in [0, 0.05) is 50.5 Å². The van der Waals surface area contributed by atoms with E-state index in [2.05, 4.69) is 28.4 Å². The van der Waals surface area contributed by atoms with Crippen molar-refractivity contribution in [2.45, 2.75) is 19.4 Å². The third kappa shape index (κ3) is 3.54. The van der Waals surface area contributed by atoms with Gasteiger partial charge in [0.25, 0.3) is 5.91 Å². The third-order valence-electron chi connectivity index (χ3n) is 5.22. The summed E-state index contributed by atoms with van der Waals surface area (Å²) in [4.78, 5) is 17.2. The molecule has 0 spiro atoms. The molecule has 0 aromatic heterocycles. The molecule has 2 aromatic rings. The number of fused-ring (bicyclic) bond motifs is 1. The van der Waals surface area contributed by atoms with Gasteiger partial charge in [0.05, 0.1) is 0 Å². The quantitative estimate of drug-likeness (QED) is 0.937. The Kier molecular flexibility index (Phi) is 4.70. The monoisotopic (exact) mass is 335 g/mol. The molecule has 4 nitrogen and oxygen atoms in total. The van der Waals surface area contributed by atoms with Crippen molar-refractivity contribution in [3.63, 3.8) is 0 Å². The van der Waals surface area contributed by atoms with Gasteiger partial charge in [-0.3, -0.25) is 9.69 Å². The maximum Gasteiger partial charge on any atom is 0.253 e. The fraction of sp³-hybridized carbons (Fsp3) is 0.381. The molecule has 0 radical (unpaired) electrons. The minimum absolute atomic E-state index is 0.157. The molecule has 0 unspecified atom stereocenters. The average Bonchev–Trinajstić information content (AvgIpc) is 3.02. The Morgan fingerprint density at radius 3 is 2.72 bits per heavy atom. The van der Waals surface area contributed by atoms with Gasteiger partial charge in [0.2, 0.25) is 0 Å². The summed E-state index contributed by atoms with van der Waals surface area (Å²) in [5.41, 5.74) is 4.95. The lowest BCUT2D eigenvalue weighted by atomic mass is 10.1. The predicted octanol–water partition coefficient (Wildman–Crippen LogP) is 3.00. The van der Waals surface area contributed by atoms with Crippen molar-refractivity contribution in [3.05, 3.63) is 65.2 Å². The highest BCUT2D eigenvalue weighted by Crippen LogP contribution is 2.27. The number of nitrogens with one attached hydrogen (secondary N) is 1. The molecule has 2 aliphatic rings. The molecule has 0 atom stereocenters. The molecular formula is C21H25N3O. The van der Waals surface area contributed by atoms with E-state index in [-0.39, 0.29) is 5.91 Å². The lowest BCUT2D eigenvalue weighted by Gasteiger charge is -2.23. The Bertz CT molecular complexity index is 744. The second-order valence-electron chi connectivity index (χ2n) is 6.92. The molecule has 1 fully saturated rings. The number of para-hydroxylation sites is 1. The fourth-order valence-electron chi connectivity index (χ4n) is 3.88. The van der Waals surface area contributed by atoms with Crippen LogP contribution in [0.2, 0.25) is 0 Å². The maximum atomic E-state index is 12.7. The second kappa shape index (κ2) is 7.28. The molecule has 1 saturated heterocycles. The van der Waals surface area contributed by atoms with Gasteiger partial charge in [-0.1, -0.05) is 36.4 Å². The number of anilines is 1. The molecule has 1 N–H and O–H groups in total. The summed E-state index contributed by atoms with van der Waals surface area (Å²) in [6.45, 7) is 5.63. The summed E-state index contributed by atoms with van der Waals surface area (Å²) < 4.78 is 0. The van der Waals surface area contributed by atoms with E-state index in [1.165, 1.54) is 16.8 Å². The van der Waals surface area contributed by atoms with Gasteiger partial charge in [-0.25, -0.2) is 0 Å². The Morgan fingerprint density at radius 1 is 0.960 bits per heavy atom. The Morgan fingerprint density at radius 2 is 1.84 bits per heavy atom. The zero-order chi connectivity index (χ0) is 17.1. The van der Waals surface area contributed by atoms with Crippen molar-refractivity contribution in [1.29, 1.82) is 0 Å². The highest BCUT2D eigenvalue weighted by Gasteiger charge is 2.21. The average molecular weight is 335 g/mol. The zero-order valence-electron chi connectivity index (χ0n) is 14.6. The van der Waals surface area contributed by atoms with Crippen LogP contribution in [0, 0.1) is 0 Å². The first kappa shape index (κ1) is 16.2. The van der Waals surface area contributed by atoms with Crippen LogP contribution in [-0.2, 0) is 13.0 Å². The number of rotatable bonds is 3. The number of nitrogens with zero attached hydrogens (tertiary/aromatic N) is 2. The van der Waals surface area contributed by atoms with Gasteiger partial charge in [0.1, 0.15) is 0 Å². The minimum atomic E-state index is 0.157. The summed E-state index contributed by atoms with van der Waals surface area (Å²) in [5.74, 6) is 0.157. The van der Waals surface area contributed by atoms with E-state index in [1.807, 2.05) is 35.2 Å². The Hall–Kier alpha value is -2.33.